The van der Waals surface area contributed by atoms with Crippen LogP contribution in [-0.2, 0) is 4.79 Å². The number of likely N-dealkylation sites (N-methyl/N-ethyl adjacent to an activating group) is 1. The minimum absolute atomic E-state index is 0.200. The molecule has 4 nitrogen and oxygen atoms in total. The van der Waals surface area contributed by atoms with Crippen molar-refractivity contribution in [3.8, 4) is 0 Å². The highest BCUT2D eigenvalue weighted by Crippen LogP contribution is 2.17. The summed E-state index contributed by atoms with van der Waals surface area (Å²) in [7, 11) is 2.05. The molecule has 0 spiro atoms. The molecule has 4 heteroatoms. The van der Waals surface area contributed by atoms with E-state index in [1.54, 1.807) is 0 Å². The second-order valence-corrected chi connectivity index (χ2v) is 5.46. The van der Waals surface area contributed by atoms with Crippen molar-refractivity contribution >= 4 is 5.91 Å². The quantitative estimate of drug-likeness (QED) is 0.760. The Balaban J connectivity index is 1.68. The van der Waals surface area contributed by atoms with Crippen molar-refractivity contribution in [2.75, 3.05) is 26.7 Å². The maximum atomic E-state index is 11.9. The summed E-state index contributed by atoms with van der Waals surface area (Å²) in [5, 5.41) is 6.51. The van der Waals surface area contributed by atoms with Crippen LogP contribution in [0.3, 0.4) is 0 Å². The van der Waals surface area contributed by atoms with Gasteiger partial charge in [0.15, 0.2) is 0 Å². The Morgan fingerprint density at radius 3 is 2.71 bits per heavy atom. The zero-order valence-corrected chi connectivity index (χ0v) is 10.9. The number of amides is 1. The fourth-order valence-corrected chi connectivity index (χ4v) is 2.89. The average Bonchev–Trinajstić information content (AvgIpc) is 2.83. The molecule has 0 bridgehead atoms. The van der Waals surface area contributed by atoms with E-state index in [4.69, 9.17) is 0 Å². The molecule has 1 aliphatic heterocycles. The predicted molar refractivity (Wildman–Crippen MR) is 68.9 cm³/mol. The minimum Gasteiger partial charge on any atom is -0.352 e. The van der Waals surface area contributed by atoms with Crippen molar-refractivity contribution in [2.45, 2.75) is 50.6 Å². The van der Waals surface area contributed by atoms with Gasteiger partial charge in [-0.05, 0) is 32.9 Å². The standard InChI is InChI=1S/C13H25N3O/c1-16(12-7-8-14-9-12)10-13(17)15-11-5-3-2-4-6-11/h11-12,14H,2-10H2,1H3,(H,15,17). The second-order valence-electron chi connectivity index (χ2n) is 5.46. The molecular formula is C13H25N3O. The van der Waals surface area contributed by atoms with Gasteiger partial charge < -0.3 is 10.6 Å². The van der Waals surface area contributed by atoms with Gasteiger partial charge in [-0.25, -0.2) is 0 Å². The molecule has 98 valence electrons. The summed E-state index contributed by atoms with van der Waals surface area (Å²) >= 11 is 0. The molecule has 0 radical (unpaired) electrons. The van der Waals surface area contributed by atoms with Crippen molar-refractivity contribution in [2.24, 2.45) is 0 Å². The number of nitrogens with zero attached hydrogens (tertiary/aromatic N) is 1. The first-order valence-corrected chi connectivity index (χ1v) is 6.96. The number of hydrogen-bond donors (Lipinski definition) is 2. The van der Waals surface area contributed by atoms with E-state index in [-0.39, 0.29) is 5.91 Å². The van der Waals surface area contributed by atoms with Crippen LogP contribution in [0.2, 0.25) is 0 Å². The molecule has 17 heavy (non-hydrogen) atoms. The highest BCUT2D eigenvalue weighted by Gasteiger charge is 2.22. The van der Waals surface area contributed by atoms with Gasteiger partial charge in [0.2, 0.25) is 5.91 Å². The first kappa shape index (κ1) is 12.8. The lowest BCUT2D eigenvalue weighted by Gasteiger charge is -2.26. The van der Waals surface area contributed by atoms with E-state index in [1.807, 2.05) is 0 Å². The van der Waals surface area contributed by atoms with E-state index in [2.05, 4.69) is 22.6 Å². The van der Waals surface area contributed by atoms with Crippen molar-refractivity contribution in [1.29, 1.82) is 0 Å². The van der Waals surface area contributed by atoms with E-state index >= 15 is 0 Å². The zero-order valence-electron chi connectivity index (χ0n) is 10.9. The van der Waals surface area contributed by atoms with Gasteiger partial charge in [0.05, 0.1) is 6.54 Å². The number of rotatable bonds is 4. The van der Waals surface area contributed by atoms with Crippen LogP contribution in [0, 0.1) is 0 Å². The molecule has 2 rings (SSSR count). The molecule has 1 heterocycles. The third-order valence-corrected chi connectivity index (χ3v) is 4.02. The Morgan fingerprint density at radius 1 is 1.29 bits per heavy atom. The summed E-state index contributed by atoms with van der Waals surface area (Å²) < 4.78 is 0. The number of carbonyl (C=O) groups is 1. The molecule has 1 saturated carbocycles. The maximum Gasteiger partial charge on any atom is 0.234 e. The molecule has 1 amide bonds. The first-order chi connectivity index (χ1) is 8.25. The number of nitrogens with one attached hydrogen (secondary N) is 2. The van der Waals surface area contributed by atoms with Crippen LogP contribution in [0.5, 0.6) is 0 Å². The number of hydrogen-bond acceptors (Lipinski definition) is 3. The molecule has 2 N–H and O–H groups in total. The fourth-order valence-electron chi connectivity index (χ4n) is 2.89. The summed E-state index contributed by atoms with van der Waals surface area (Å²) in [4.78, 5) is 14.1. The summed E-state index contributed by atoms with van der Waals surface area (Å²) in [6.45, 7) is 2.65. The topological polar surface area (TPSA) is 44.4 Å². The Bertz CT molecular complexity index is 245. The summed E-state index contributed by atoms with van der Waals surface area (Å²) in [6.07, 6.45) is 7.37. The monoisotopic (exact) mass is 239 g/mol. The third kappa shape index (κ3) is 3.96. The molecular weight excluding hydrogens is 214 g/mol. The van der Waals surface area contributed by atoms with E-state index < -0.39 is 0 Å². The third-order valence-electron chi connectivity index (χ3n) is 4.02. The van der Waals surface area contributed by atoms with Gasteiger partial charge in [-0.1, -0.05) is 19.3 Å². The van der Waals surface area contributed by atoms with Gasteiger partial charge in [-0.3, -0.25) is 9.69 Å². The smallest absolute Gasteiger partial charge is 0.234 e. The number of carbonyl (C=O) groups excluding carboxylic acids is 1. The molecule has 2 aliphatic rings. The van der Waals surface area contributed by atoms with Gasteiger partial charge >= 0.3 is 0 Å². The van der Waals surface area contributed by atoms with E-state index in [9.17, 15) is 4.79 Å². The lowest BCUT2D eigenvalue weighted by Crippen LogP contribution is -2.45. The second kappa shape index (κ2) is 6.36. The Hall–Kier alpha value is -0.610. The van der Waals surface area contributed by atoms with E-state index in [1.165, 1.54) is 32.1 Å². The van der Waals surface area contributed by atoms with Crippen LogP contribution >= 0.6 is 0 Å². The van der Waals surface area contributed by atoms with Crippen LogP contribution in [0.15, 0.2) is 0 Å². The van der Waals surface area contributed by atoms with Crippen LogP contribution < -0.4 is 10.6 Å². The van der Waals surface area contributed by atoms with Gasteiger partial charge in [0.25, 0.3) is 0 Å². The Labute approximate surface area is 104 Å². The van der Waals surface area contributed by atoms with E-state index in [0.29, 0.717) is 18.6 Å². The Morgan fingerprint density at radius 2 is 2.06 bits per heavy atom. The SMILES string of the molecule is CN(CC(=O)NC1CCCCC1)C1CCNC1. The summed E-state index contributed by atoms with van der Waals surface area (Å²) in [5.74, 6) is 0.200. The average molecular weight is 239 g/mol. The largest absolute Gasteiger partial charge is 0.352 e. The summed E-state index contributed by atoms with van der Waals surface area (Å²) in [5.41, 5.74) is 0. The van der Waals surface area contributed by atoms with Crippen LogP contribution in [0.4, 0.5) is 0 Å². The Kier molecular flexibility index (Phi) is 4.80. The molecule has 1 atom stereocenters. The maximum absolute atomic E-state index is 11.9. The van der Waals surface area contributed by atoms with Gasteiger partial charge in [0.1, 0.15) is 0 Å². The molecule has 0 aromatic carbocycles. The normalized spacial score (nSPS) is 26.4. The highest BCUT2D eigenvalue weighted by molar-refractivity contribution is 5.78. The molecule has 1 unspecified atom stereocenters. The van der Waals surface area contributed by atoms with E-state index in [0.717, 1.165) is 19.5 Å². The molecule has 2 fully saturated rings. The van der Waals surface area contributed by atoms with Crippen molar-refractivity contribution in [3.63, 3.8) is 0 Å². The minimum atomic E-state index is 0.200. The lowest BCUT2D eigenvalue weighted by atomic mass is 9.95. The van der Waals surface area contributed by atoms with Crippen molar-refractivity contribution in [3.05, 3.63) is 0 Å². The molecule has 1 saturated heterocycles. The molecule has 1 aliphatic carbocycles. The highest BCUT2D eigenvalue weighted by atomic mass is 16.2. The molecule has 0 aromatic rings. The van der Waals surface area contributed by atoms with Crippen LogP contribution in [0.1, 0.15) is 38.5 Å². The zero-order chi connectivity index (χ0) is 12.1. The van der Waals surface area contributed by atoms with Crippen LogP contribution in [-0.4, -0.2) is 49.6 Å². The summed E-state index contributed by atoms with van der Waals surface area (Å²) in [6, 6.07) is 0.971. The molecule has 0 aromatic heterocycles. The van der Waals surface area contributed by atoms with Gasteiger partial charge in [-0.15, -0.1) is 0 Å². The van der Waals surface area contributed by atoms with Crippen molar-refractivity contribution < 1.29 is 4.79 Å². The van der Waals surface area contributed by atoms with Gasteiger partial charge in [-0.2, -0.15) is 0 Å². The van der Waals surface area contributed by atoms with Gasteiger partial charge in [0, 0.05) is 18.6 Å². The predicted octanol–water partition coefficient (Wildman–Crippen LogP) is 0.729. The van der Waals surface area contributed by atoms with Crippen LogP contribution in [0.25, 0.3) is 0 Å². The van der Waals surface area contributed by atoms with Crippen molar-refractivity contribution in [1.82, 2.24) is 15.5 Å². The lowest BCUT2D eigenvalue weighted by molar-refractivity contribution is -0.123. The fraction of sp³-hybridized carbons (Fsp3) is 0.923. The first-order valence-electron chi connectivity index (χ1n) is 6.96.